The first kappa shape index (κ1) is 9.28. The zero-order valence-electron chi connectivity index (χ0n) is 8.67. The van der Waals surface area contributed by atoms with Gasteiger partial charge in [0.2, 0.25) is 5.91 Å². The molecule has 1 amide bonds. The van der Waals surface area contributed by atoms with E-state index in [2.05, 4.69) is 0 Å². The van der Waals surface area contributed by atoms with Crippen molar-refractivity contribution < 1.29 is 14.3 Å². The summed E-state index contributed by atoms with van der Waals surface area (Å²) in [6, 6.07) is 0. The van der Waals surface area contributed by atoms with Crippen molar-refractivity contribution in [1.82, 2.24) is 0 Å². The molecule has 6 saturated carbocycles. The van der Waals surface area contributed by atoms with Crippen molar-refractivity contribution in [3.05, 3.63) is 0 Å². The molecule has 0 unspecified atom stereocenters. The molecule has 6 fully saturated rings. The molecule has 0 radical (unpaired) electrons. The van der Waals surface area contributed by atoms with Gasteiger partial charge in [-0.2, -0.15) is 0 Å². The van der Waals surface area contributed by atoms with E-state index in [4.69, 9.17) is 10.5 Å². The number of halogens is 1. The van der Waals surface area contributed by atoms with Crippen LogP contribution in [0.5, 0.6) is 0 Å². The van der Waals surface area contributed by atoms with Crippen LogP contribution in [-0.4, -0.2) is 19.0 Å². The Morgan fingerprint density at radius 3 is 1.69 bits per heavy atom. The third kappa shape index (κ3) is 0.369. The first-order chi connectivity index (χ1) is 7.16. The van der Waals surface area contributed by atoms with Gasteiger partial charge < -0.3 is 10.5 Å². The number of ether oxygens (including phenoxy) is 1. The van der Waals surface area contributed by atoms with Crippen LogP contribution >= 0.6 is 12.4 Å². The maximum atomic E-state index is 11.7. The summed E-state index contributed by atoms with van der Waals surface area (Å²) in [5, 5.41) is 0. The molecular weight excluding hydrogens is 230 g/mol. The lowest BCUT2D eigenvalue weighted by Gasteiger charge is -3.09. The number of amides is 1. The number of carbonyl (C=O) groups excluding carboxylic acids is 2. The topological polar surface area (TPSA) is 69.4 Å². The van der Waals surface area contributed by atoms with Gasteiger partial charge in [-0.3, -0.25) is 9.59 Å². The predicted molar refractivity (Wildman–Crippen MR) is 54.3 cm³/mol. The molecule has 0 aliphatic heterocycles. The van der Waals surface area contributed by atoms with E-state index in [9.17, 15) is 9.59 Å². The molecule has 0 bridgehead atoms. The van der Waals surface area contributed by atoms with Crippen LogP contribution in [0.2, 0.25) is 0 Å². The highest BCUT2D eigenvalue weighted by molar-refractivity contribution is 5.98. The second-order valence-electron chi connectivity index (χ2n) is 5.88. The number of esters is 1. The van der Waals surface area contributed by atoms with Crippen molar-refractivity contribution in [1.29, 1.82) is 0 Å². The van der Waals surface area contributed by atoms with Crippen LogP contribution in [0.15, 0.2) is 0 Å². The first-order valence-corrected chi connectivity index (χ1v) is 5.54. The lowest BCUT2D eigenvalue weighted by atomic mass is 8.92. The number of primary amides is 1. The smallest absolute Gasteiger partial charge is 0.312 e. The highest BCUT2D eigenvalue weighted by Gasteiger charge is 3.13. The van der Waals surface area contributed by atoms with Crippen molar-refractivity contribution in [2.24, 2.45) is 52.1 Å². The standard InChI is InChI=1S/C11H11NO3.ClH/c1-15-9(14)11-5-2-6(11)4-7(11)3(5)10(2,4)8(12)13;/h2-7H,1H3,(H2,12,13);1H. The number of hydrogen-bond donors (Lipinski definition) is 1. The van der Waals surface area contributed by atoms with E-state index in [0.29, 0.717) is 35.5 Å². The quantitative estimate of drug-likeness (QED) is 0.681. The lowest BCUT2D eigenvalue weighted by molar-refractivity contribution is -0.626. The fourth-order valence-electron chi connectivity index (χ4n) is 6.61. The predicted octanol–water partition coefficient (Wildman–Crippen LogP) is -0.195. The second-order valence-corrected chi connectivity index (χ2v) is 5.88. The van der Waals surface area contributed by atoms with Crippen molar-refractivity contribution in [2.75, 3.05) is 7.11 Å². The summed E-state index contributed by atoms with van der Waals surface area (Å²) >= 11 is 0. The Morgan fingerprint density at radius 2 is 1.38 bits per heavy atom. The molecule has 6 aliphatic rings. The van der Waals surface area contributed by atoms with E-state index >= 15 is 0 Å². The zero-order valence-corrected chi connectivity index (χ0v) is 9.49. The zero-order chi connectivity index (χ0) is 10.3. The molecule has 6 aliphatic carbocycles. The highest BCUT2D eigenvalue weighted by Crippen LogP contribution is 3.10. The molecule has 0 atom stereocenters. The largest absolute Gasteiger partial charge is 0.469 e. The Labute approximate surface area is 98.3 Å². The van der Waals surface area contributed by atoms with E-state index in [1.165, 1.54) is 7.11 Å². The summed E-state index contributed by atoms with van der Waals surface area (Å²) < 4.78 is 4.90. The molecule has 0 aromatic carbocycles. The van der Waals surface area contributed by atoms with Gasteiger partial charge >= 0.3 is 5.97 Å². The van der Waals surface area contributed by atoms with Gasteiger partial charge in [-0.15, -0.1) is 12.4 Å². The number of nitrogens with two attached hydrogens (primary N) is 1. The van der Waals surface area contributed by atoms with Gasteiger partial charge in [0.05, 0.1) is 17.9 Å². The third-order valence-corrected chi connectivity index (χ3v) is 6.60. The van der Waals surface area contributed by atoms with Gasteiger partial charge in [0, 0.05) is 0 Å². The number of methoxy groups -OCH3 is 1. The number of hydrogen-bond acceptors (Lipinski definition) is 3. The Bertz CT molecular complexity index is 420. The van der Waals surface area contributed by atoms with Gasteiger partial charge in [-0.05, 0) is 35.5 Å². The Kier molecular flexibility index (Phi) is 1.10. The third-order valence-electron chi connectivity index (χ3n) is 6.60. The summed E-state index contributed by atoms with van der Waals surface area (Å²) in [4.78, 5) is 23.2. The molecule has 0 spiro atoms. The summed E-state index contributed by atoms with van der Waals surface area (Å²) in [6.07, 6.45) is 0. The maximum Gasteiger partial charge on any atom is 0.312 e. The van der Waals surface area contributed by atoms with E-state index in [1.54, 1.807) is 0 Å². The van der Waals surface area contributed by atoms with E-state index in [1.807, 2.05) is 0 Å². The molecule has 0 saturated heterocycles. The normalized spacial score (nSPS) is 67.8. The Hall–Kier alpha value is -0.770. The van der Waals surface area contributed by atoms with Crippen LogP contribution in [0.1, 0.15) is 0 Å². The first-order valence-electron chi connectivity index (χ1n) is 5.54. The van der Waals surface area contributed by atoms with Gasteiger partial charge in [-0.25, -0.2) is 0 Å². The maximum absolute atomic E-state index is 11.7. The van der Waals surface area contributed by atoms with Crippen LogP contribution in [0.25, 0.3) is 0 Å². The lowest BCUT2D eigenvalue weighted by Crippen LogP contribution is -3.12. The Morgan fingerprint density at radius 1 is 1.00 bits per heavy atom. The monoisotopic (exact) mass is 241 g/mol. The molecule has 16 heavy (non-hydrogen) atoms. The van der Waals surface area contributed by atoms with Crippen LogP contribution in [-0.2, 0) is 14.3 Å². The highest BCUT2D eigenvalue weighted by atomic mass is 35.5. The average Bonchev–Trinajstić information content (AvgIpc) is 2.27. The van der Waals surface area contributed by atoms with Crippen molar-refractivity contribution in [3.8, 4) is 0 Å². The molecular formula is C11H12ClNO3. The van der Waals surface area contributed by atoms with Crippen molar-refractivity contribution in [3.63, 3.8) is 0 Å². The van der Waals surface area contributed by atoms with Crippen molar-refractivity contribution in [2.45, 2.75) is 0 Å². The van der Waals surface area contributed by atoms with E-state index < -0.39 is 0 Å². The number of carbonyl (C=O) groups is 2. The minimum Gasteiger partial charge on any atom is -0.469 e. The fourth-order valence-corrected chi connectivity index (χ4v) is 6.61. The van der Waals surface area contributed by atoms with Gasteiger partial charge in [-0.1, -0.05) is 0 Å². The van der Waals surface area contributed by atoms with E-state index in [0.717, 1.165) is 0 Å². The second kappa shape index (κ2) is 1.90. The molecule has 6 rings (SSSR count). The minimum absolute atomic E-state index is 0. The molecule has 86 valence electrons. The van der Waals surface area contributed by atoms with Gasteiger partial charge in [0.15, 0.2) is 0 Å². The molecule has 0 heterocycles. The molecule has 4 nitrogen and oxygen atoms in total. The molecule has 5 heteroatoms. The Balaban J connectivity index is 0.000000722. The molecule has 2 N–H and O–H groups in total. The van der Waals surface area contributed by atoms with Crippen molar-refractivity contribution >= 4 is 24.3 Å². The SMILES string of the molecule is COC(=O)C12C3C4C1C1C2C3C41C(N)=O.Cl. The van der Waals surface area contributed by atoms with Gasteiger partial charge in [0.1, 0.15) is 0 Å². The van der Waals surface area contributed by atoms with Crippen LogP contribution in [0.3, 0.4) is 0 Å². The molecule has 0 aromatic rings. The summed E-state index contributed by atoms with van der Waals surface area (Å²) in [6.45, 7) is 0. The summed E-state index contributed by atoms with van der Waals surface area (Å²) in [7, 11) is 1.47. The van der Waals surface area contributed by atoms with Crippen LogP contribution < -0.4 is 5.73 Å². The van der Waals surface area contributed by atoms with Crippen LogP contribution in [0.4, 0.5) is 0 Å². The van der Waals surface area contributed by atoms with Crippen LogP contribution in [0, 0.1) is 46.3 Å². The number of rotatable bonds is 2. The minimum atomic E-state index is -0.143. The van der Waals surface area contributed by atoms with Gasteiger partial charge in [0.25, 0.3) is 0 Å². The summed E-state index contributed by atoms with van der Waals surface area (Å²) in [5.74, 6) is 2.60. The molecule has 0 aromatic heterocycles. The summed E-state index contributed by atoms with van der Waals surface area (Å²) in [5.41, 5.74) is 5.21. The fraction of sp³-hybridized carbons (Fsp3) is 0.818. The average molecular weight is 242 g/mol. The van der Waals surface area contributed by atoms with E-state index in [-0.39, 0.29) is 35.1 Å².